The largest absolute Gasteiger partial charge is 0.478 e. The third-order valence-electron chi connectivity index (χ3n) is 2.86. The van der Waals surface area contributed by atoms with Gasteiger partial charge in [-0.05, 0) is 13.3 Å². The lowest BCUT2D eigenvalue weighted by atomic mass is 10.2. The van der Waals surface area contributed by atoms with Gasteiger partial charge in [-0.3, -0.25) is 9.59 Å². The number of carbonyl (C=O) groups excluding carboxylic acids is 2. The van der Waals surface area contributed by atoms with Crippen LogP contribution >= 0.6 is 0 Å². The molecule has 1 atom stereocenters. The van der Waals surface area contributed by atoms with Gasteiger partial charge in [0.25, 0.3) is 0 Å². The summed E-state index contributed by atoms with van der Waals surface area (Å²) in [5.74, 6) is -1.68. The van der Waals surface area contributed by atoms with Crippen LogP contribution in [0.15, 0.2) is 6.20 Å². The van der Waals surface area contributed by atoms with Crippen molar-refractivity contribution in [2.24, 2.45) is 0 Å². The highest BCUT2D eigenvalue weighted by molar-refractivity contribution is 6.04. The fraction of sp³-hybridized carbons (Fsp3) is 0.364. The summed E-state index contributed by atoms with van der Waals surface area (Å²) >= 11 is 0. The third kappa shape index (κ3) is 2.20. The number of rotatable bonds is 3. The number of nitrogens with one attached hydrogen (secondary N) is 3. The first-order valence-corrected chi connectivity index (χ1v) is 5.50. The minimum absolute atomic E-state index is 0.0349. The van der Waals surface area contributed by atoms with E-state index >= 15 is 0 Å². The molecule has 7 nitrogen and oxygen atoms in total. The molecule has 1 aromatic heterocycles. The van der Waals surface area contributed by atoms with Gasteiger partial charge in [0.15, 0.2) is 0 Å². The van der Waals surface area contributed by atoms with E-state index in [1.807, 2.05) is 0 Å². The number of aryl methyl sites for hydroxylation is 1. The van der Waals surface area contributed by atoms with Crippen molar-refractivity contribution in [3.8, 4) is 0 Å². The fourth-order valence-corrected chi connectivity index (χ4v) is 1.93. The predicted molar refractivity (Wildman–Crippen MR) is 62.3 cm³/mol. The Morgan fingerprint density at radius 2 is 2.22 bits per heavy atom. The Bertz CT molecular complexity index is 520. The molecule has 1 saturated heterocycles. The van der Waals surface area contributed by atoms with Crippen molar-refractivity contribution < 1.29 is 19.5 Å². The predicted octanol–water partition coefficient (Wildman–Crippen LogP) is 0.238. The molecule has 0 aromatic carbocycles. The van der Waals surface area contributed by atoms with Crippen LogP contribution in [0.2, 0.25) is 0 Å². The van der Waals surface area contributed by atoms with Gasteiger partial charge in [0, 0.05) is 18.3 Å². The van der Waals surface area contributed by atoms with Crippen molar-refractivity contribution >= 4 is 23.5 Å². The summed E-state index contributed by atoms with van der Waals surface area (Å²) in [7, 11) is 0. The Balaban J connectivity index is 2.12. The molecule has 0 spiro atoms. The number of carbonyl (C=O) groups is 3. The smallest absolute Gasteiger partial charge is 0.339 e. The number of carboxylic acids is 1. The van der Waals surface area contributed by atoms with Crippen molar-refractivity contribution in [2.75, 3.05) is 5.32 Å². The number of H-pyrrole nitrogens is 1. The summed E-state index contributed by atoms with van der Waals surface area (Å²) in [5.41, 5.74) is 0.715. The Morgan fingerprint density at radius 1 is 1.50 bits per heavy atom. The summed E-state index contributed by atoms with van der Waals surface area (Å²) in [6.07, 6.45) is 2.17. The van der Waals surface area contributed by atoms with E-state index in [-0.39, 0.29) is 17.2 Å². The number of aromatic amines is 1. The molecule has 1 unspecified atom stereocenters. The van der Waals surface area contributed by atoms with Gasteiger partial charge < -0.3 is 20.7 Å². The average Bonchev–Trinajstić information content (AvgIpc) is 2.85. The molecule has 96 valence electrons. The zero-order valence-electron chi connectivity index (χ0n) is 9.74. The van der Waals surface area contributed by atoms with Gasteiger partial charge in [0.2, 0.25) is 11.8 Å². The van der Waals surface area contributed by atoms with Crippen molar-refractivity contribution in [2.45, 2.75) is 25.8 Å². The molecule has 18 heavy (non-hydrogen) atoms. The van der Waals surface area contributed by atoms with Crippen molar-refractivity contribution in [1.82, 2.24) is 10.3 Å². The molecule has 0 radical (unpaired) electrons. The Kier molecular flexibility index (Phi) is 3.05. The number of aromatic carboxylic acids is 1. The van der Waals surface area contributed by atoms with Crippen LogP contribution in [0.25, 0.3) is 0 Å². The second-order valence-corrected chi connectivity index (χ2v) is 4.16. The summed E-state index contributed by atoms with van der Waals surface area (Å²) in [6.45, 7) is 1.61. The van der Waals surface area contributed by atoms with Gasteiger partial charge in [0.05, 0.1) is 5.69 Å². The second-order valence-electron chi connectivity index (χ2n) is 4.16. The van der Waals surface area contributed by atoms with Gasteiger partial charge in [-0.15, -0.1) is 0 Å². The Labute approximate surface area is 103 Å². The van der Waals surface area contributed by atoms with E-state index in [1.54, 1.807) is 6.92 Å². The summed E-state index contributed by atoms with van der Waals surface area (Å²) < 4.78 is 0. The summed E-state index contributed by atoms with van der Waals surface area (Å²) in [5, 5.41) is 14.0. The van der Waals surface area contributed by atoms with E-state index in [9.17, 15) is 14.4 Å². The molecule has 2 rings (SSSR count). The minimum atomic E-state index is -1.11. The highest BCUT2D eigenvalue weighted by Gasteiger charge is 2.28. The van der Waals surface area contributed by atoms with Crippen LogP contribution in [0.5, 0.6) is 0 Å². The molecule has 1 fully saturated rings. The van der Waals surface area contributed by atoms with E-state index < -0.39 is 17.9 Å². The zero-order valence-corrected chi connectivity index (χ0v) is 9.74. The maximum Gasteiger partial charge on any atom is 0.339 e. The van der Waals surface area contributed by atoms with Crippen molar-refractivity contribution in [3.63, 3.8) is 0 Å². The van der Waals surface area contributed by atoms with Crippen LogP contribution in [-0.2, 0) is 9.59 Å². The SMILES string of the molecule is Cc1[nH]cc(NC(=O)C2CCC(=O)N2)c1C(=O)O. The normalized spacial score (nSPS) is 18.5. The van der Waals surface area contributed by atoms with Crippen LogP contribution in [0.4, 0.5) is 5.69 Å². The fourth-order valence-electron chi connectivity index (χ4n) is 1.93. The van der Waals surface area contributed by atoms with Gasteiger partial charge in [0.1, 0.15) is 11.6 Å². The maximum atomic E-state index is 11.8. The van der Waals surface area contributed by atoms with E-state index in [0.717, 1.165) is 0 Å². The molecule has 1 aliphatic rings. The topological polar surface area (TPSA) is 111 Å². The maximum absolute atomic E-state index is 11.8. The number of aromatic nitrogens is 1. The minimum Gasteiger partial charge on any atom is -0.478 e. The van der Waals surface area contributed by atoms with Crippen LogP contribution < -0.4 is 10.6 Å². The monoisotopic (exact) mass is 251 g/mol. The van der Waals surface area contributed by atoms with Gasteiger partial charge in [-0.1, -0.05) is 0 Å². The molecular formula is C11H13N3O4. The Hall–Kier alpha value is -2.31. The highest BCUT2D eigenvalue weighted by Crippen LogP contribution is 2.20. The standard InChI is InChI=1S/C11H13N3O4/c1-5-9(11(17)18)7(4-12-5)14-10(16)6-2-3-8(15)13-6/h4,6,12H,2-3H2,1H3,(H,13,15)(H,14,16)(H,17,18). The lowest BCUT2D eigenvalue weighted by molar-refractivity contribution is -0.122. The number of carboxylic acid groups (broad SMARTS) is 1. The number of hydrogen-bond donors (Lipinski definition) is 4. The quantitative estimate of drug-likeness (QED) is 0.616. The molecule has 0 bridgehead atoms. The van der Waals surface area contributed by atoms with Crippen molar-refractivity contribution in [3.05, 3.63) is 17.5 Å². The van der Waals surface area contributed by atoms with Crippen molar-refractivity contribution in [1.29, 1.82) is 0 Å². The second kappa shape index (κ2) is 4.52. The molecular weight excluding hydrogens is 238 g/mol. The lowest BCUT2D eigenvalue weighted by Gasteiger charge is -2.10. The van der Waals surface area contributed by atoms with E-state index in [2.05, 4.69) is 15.6 Å². The van der Waals surface area contributed by atoms with Gasteiger partial charge in [-0.2, -0.15) is 0 Å². The first-order valence-electron chi connectivity index (χ1n) is 5.50. The van der Waals surface area contributed by atoms with E-state index in [0.29, 0.717) is 18.5 Å². The van der Waals surface area contributed by atoms with Crippen LogP contribution in [0.1, 0.15) is 28.9 Å². The molecule has 0 aliphatic carbocycles. The number of anilines is 1. The molecule has 1 aromatic rings. The zero-order chi connectivity index (χ0) is 13.3. The van der Waals surface area contributed by atoms with E-state index in [4.69, 9.17) is 5.11 Å². The molecule has 2 heterocycles. The lowest BCUT2D eigenvalue weighted by Crippen LogP contribution is -2.37. The molecule has 0 saturated carbocycles. The number of amides is 2. The highest BCUT2D eigenvalue weighted by atomic mass is 16.4. The summed E-state index contributed by atoms with van der Waals surface area (Å²) in [4.78, 5) is 36.6. The Morgan fingerprint density at radius 3 is 2.78 bits per heavy atom. The van der Waals surface area contributed by atoms with Crippen LogP contribution in [0, 0.1) is 6.92 Å². The van der Waals surface area contributed by atoms with Gasteiger partial charge in [-0.25, -0.2) is 4.79 Å². The first-order chi connectivity index (χ1) is 8.49. The third-order valence-corrected chi connectivity index (χ3v) is 2.86. The molecule has 4 N–H and O–H groups in total. The average molecular weight is 251 g/mol. The van der Waals surface area contributed by atoms with Crippen LogP contribution in [-0.4, -0.2) is 33.9 Å². The molecule has 7 heteroatoms. The van der Waals surface area contributed by atoms with E-state index in [1.165, 1.54) is 6.20 Å². The number of hydrogen-bond acceptors (Lipinski definition) is 3. The van der Waals surface area contributed by atoms with Gasteiger partial charge >= 0.3 is 5.97 Å². The summed E-state index contributed by atoms with van der Waals surface area (Å²) in [6, 6.07) is -0.589. The molecule has 2 amide bonds. The van der Waals surface area contributed by atoms with Crippen LogP contribution in [0.3, 0.4) is 0 Å². The first kappa shape index (κ1) is 12.2. The molecule has 1 aliphatic heterocycles.